The minimum absolute atomic E-state index is 0. The number of benzene rings is 1. The van der Waals surface area contributed by atoms with E-state index in [4.69, 9.17) is 19.2 Å². The fourth-order valence-corrected chi connectivity index (χ4v) is 0.385. The van der Waals surface area contributed by atoms with Crippen molar-refractivity contribution in [1.29, 1.82) is 0 Å². The number of hydrogen-bond acceptors (Lipinski definition) is 4. The third-order valence-corrected chi connectivity index (χ3v) is 0.667. The van der Waals surface area contributed by atoms with Gasteiger partial charge in [0.05, 0.1) is 0 Å². The van der Waals surface area contributed by atoms with Crippen LogP contribution in [-0.4, -0.2) is 0 Å². The van der Waals surface area contributed by atoms with Crippen molar-refractivity contribution < 1.29 is 173 Å². The van der Waals surface area contributed by atoms with Gasteiger partial charge in [-0.05, 0) is 0 Å². The summed E-state index contributed by atoms with van der Waals surface area (Å²) in [5.74, 6) is 0. The van der Waals surface area contributed by atoms with Gasteiger partial charge in [-0.2, -0.15) is 7.82 Å². The van der Waals surface area contributed by atoms with E-state index in [0.29, 0.717) is 0 Å². The zero-order valence-electron chi connectivity index (χ0n) is 8.54. The average molecular weight is 290 g/mol. The summed E-state index contributed by atoms with van der Waals surface area (Å²) in [6, 6.07) is 12.0. The molecule has 0 aliphatic rings. The summed E-state index contributed by atoms with van der Waals surface area (Å²) in [4.78, 5) is 25.6. The molecule has 0 atom stereocenters. The van der Waals surface area contributed by atoms with Gasteiger partial charge in [0.15, 0.2) is 0 Å². The summed E-state index contributed by atoms with van der Waals surface area (Å²) >= 11 is 0. The van der Waals surface area contributed by atoms with Crippen LogP contribution in [0.25, 0.3) is 0 Å². The molecular weight excluding hydrogens is 284 g/mol. The molecule has 4 nitrogen and oxygen atoms in total. The molecule has 14 heavy (non-hydrogen) atoms. The predicted molar refractivity (Wildman–Crippen MR) is 34.0 cm³/mol. The first-order valence-electron chi connectivity index (χ1n) is 2.73. The first kappa shape index (κ1) is 26.7. The van der Waals surface area contributed by atoms with E-state index in [0.717, 1.165) is 0 Å². The van der Waals surface area contributed by atoms with E-state index in [2.05, 4.69) is 0 Å². The van der Waals surface area contributed by atoms with Crippen LogP contribution >= 0.6 is 7.82 Å². The quantitative estimate of drug-likeness (QED) is 0.351. The van der Waals surface area contributed by atoms with Gasteiger partial charge in [-0.25, -0.2) is 0 Å². The smallest absolute Gasteiger partial charge is 0.822 e. The van der Waals surface area contributed by atoms with Crippen molar-refractivity contribution in [2.24, 2.45) is 0 Å². The Morgan fingerprint density at radius 2 is 0.714 bits per heavy atom. The van der Waals surface area contributed by atoms with Crippen molar-refractivity contribution in [1.82, 2.24) is 0 Å². The van der Waals surface area contributed by atoms with Crippen molar-refractivity contribution in [2.45, 2.75) is 0 Å². The van der Waals surface area contributed by atoms with E-state index in [1.54, 1.807) is 0 Å². The molecule has 0 saturated carbocycles. The van der Waals surface area contributed by atoms with Gasteiger partial charge in [0.1, 0.15) is 0 Å². The van der Waals surface area contributed by atoms with E-state index in [9.17, 15) is 0 Å². The molecule has 0 fully saturated rings. The molecule has 1 aromatic carbocycles. The average Bonchev–Trinajstić information content (AvgIpc) is 1.88. The van der Waals surface area contributed by atoms with Gasteiger partial charge in [-0.1, -0.05) is 36.4 Å². The number of rotatable bonds is 0. The third kappa shape index (κ3) is 36.0. The molecule has 0 spiro atoms. The van der Waals surface area contributed by atoms with Crippen LogP contribution in [-0.2, 0) is 4.57 Å². The van der Waals surface area contributed by atoms with E-state index in [1.807, 2.05) is 36.4 Å². The standard InChI is InChI=1S/C6H6.3K.H3O4P/c1-2-4-6-5-3-1;;;;1-5(2,3)4/h1-6H;;;;(H3,1,2,3,4)/q;3*+1;/p-3. The van der Waals surface area contributed by atoms with E-state index >= 15 is 0 Å². The number of phosphoric acid groups is 1. The maximum Gasteiger partial charge on any atom is 1.00 e. The van der Waals surface area contributed by atoms with Gasteiger partial charge < -0.3 is 19.2 Å². The fourth-order valence-electron chi connectivity index (χ4n) is 0.385. The Balaban J connectivity index is -0.0000000597. The Morgan fingerprint density at radius 3 is 0.786 bits per heavy atom. The molecule has 0 aromatic heterocycles. The van der Waals surface area contributed by atoms with E-state index in [1.165, 1.54) is 0 Å². The maximum atomic E-state index is 8.55. The molecule has 8 heteroatoms. The van der Waals surface area contributed by atoms with Gasteiger partial charge in [0.2, 0.25) is 0 Å². The van der Waals surface area contributed by atoms with Gasteiger partial charge in [-0.15, -0.1) is 0 Å². The maximum absolute atomic E-state index is 8.55. The molecule has 62 valence electrons. The van der Waals surface area contributed by atoms with Crippen LogP contribution in [0, 0.1) is 0 Å². The van der Waals surface area contributed by atoms with Crippen molar-refractivity contribution in [3.8, 4) is 0 Å². The second-order valence-corrected chi connectivity index (χ2v) is 2.50. The summed E-state index contributed by atoms with van der Waals surface area (Å²) in [5, 5.41) is 0. The minimum atomic E-state index is -5.39. The molecule has 0 radical (unpaired) electrons. The Hall–Kier alpha value is 4.24. The second-order valence-electron chi connectivity index (χ2n) is 1.60. The van der Waals surface area contributed by atoms with Crippen LogP contribution < -0.4 is 169 Å². The minimum Gasteiger partial charge on any atom is -0.822 e. The Kier molecular flexibility index (Phi) is 32.9. The molecule has 1 aromatic rings. The van der Waals surface area contributed by atoms with Crippen molar-refractivity contribution >= 4 is 7.82 Å². The summed E-state index contributed by atoms with van der Waals surface area (Å²) in [6.45, 7) is 0. The van der Waals surface area contributed by atoms with Crippen LogP contribution in [0.15, 0.2) is 36.4 Å². The Morgan fingerprint density at radius 1 is 0.643 bits per heavy atom. The van der Waals surface area contributed by atoms with Crippen LogP contribution in [0.1, 0.15) is 0 Å². The second kappa shape index (κ2) is 17.2. The normalized spacial score (nSPS) is 7.64. The molecule has 0 saturated heterocycles. The third-order valence-electron chi connectivity index (χ3n) is 0.667. The van der Waals surface area contributed by atoms with Gasteiger partial charge in [0.25, 0.3) is 0 Å². The summed E-state index contributed by atoms with van der Waals surface area (Å²) < 4.78 is 8.55. The molecular formula is C6H6K3O4P. The summed E-state index contributed by atoms with van der Waals surface area (Å²) in [7, 11) is -5.39. The molecule has 0 unspecified atom stereocenters. The van der Waals surface area contributed by atoms with Crippen molar-refractivity contribution in [3.63, 3.8) is 0 Å². The topological polar surface area (TPSA) is 86.2 Å². The van der Waals surface area contributed by atoms with Crippen LogP contribution in [0.4, 0.5) is 0 Å². The molecule has 0 aliphatic carbocycles. The van der Waals surface area contributed by atoms with Crippen LogP contribution in [0.2, 0.25) is 0 Å². The number of hydrogen-bond donors (Lipinski definition) is 0. The Labute approximate surface area is 211 Å². The summed E-state index contributed by atoms with van der Waals surface area (Å²) in [6.07, 6.45) is 0. The predicted octanol–water partition coefficient (Wildman–Crippen LogP) is -10.1. The molecule has 0 N–H and O–H groups in total. The first-order chi connectivity index (χ1) is 5.00. The van der Waals surface area contributed by atoms with Crippen molar-refractivity contribution in [2.75, 3.05) is 0 Å². The SMILES string of the molecule is O=P([O-])([O-])[O-].[K+].[K+].[K+].c1ccccc1. The van der Waals surface area contributed by atoms with Gasteiger partial charge >= 0.3 is 154 Å². The van der Waals surface area contributed by atoms with Gasteiger partial charge in [-0.3, -0.25) is 0 Å². The molecule has 0 heterocycles. The van der Waals surface area contributed by atoms with E-state index < -0.39 is 7.82 Å². The van der Waals surface area contributed by atoms with Crippen LogP contribution in [0.3, 0.4) is 0 Å². The fraction of sp³-hybridized carbons (Fsp3) is 0. The molecule has 0 amide bonds. The molecule has 1 rings (SSSR count). The first-order valence-corrected chi connectivity index (χ1v) is 4.19. The van der Waals surface area contributed by atoms with E-state index in [-0.39, 0.29) is 154 Å². The Bertz CT molecular complexity index is 193. The molecule has 0 aliphatic heterocycles. The monoisotopic (exact) mass is 290 g/mol. The van der Waals surface area contributed by atoms with Crippen LogP contribution in [0.5, 0.6) is 0 Å². The largest absolute Gasteiger partial charge is 1.00 e. The zero-order chi connectivity index (χ0) is 8.74. The summed E-state index contributed by atoms with van der Waals surface area (Å²) in [5.41, 5.74) is 0. The van der Waals surface area contributed by atoms with Crippen molar-refractivity contribution in [3.05, 3.63) is 36.4 Å². The zero-order valence-corrected chi connectivity index (χ0v) is 18.8. The van der Waals surface area contributed by atoms with Gasteiger partial charge in [0, 0.05) is 0 Å². The molecule has 0 bridgehead atoms.